The number of hydrogen-bond acceptors (Lipinski definition) is 5. The van der Waals surface area contributed by atoms with Gasteiger partial charge in [0.25, 0.3) is 0 Å². The summed E-state index contributed by atoms with van der Waals surface area (Å²) in [5.74, 6) is 6.48. The third-order valence-corrected chi connectivity index (χ3v) is 2.36. The first kappa shape index (κ1) is 11.4. The summed E-state index contributed by atoms with van der Waals surface area (Å²) in [5, 5.41) is 6.02. The Hall–Kier alpha value is -2.05. The van der Waals surface area contributed by atoms with Crippen LogP contribution in [0.2, 0.25) is 0 Å². The van der Waals surface area contributed by atoms with Crippen molar-refractivity contribution in [3.63, 3.8) is 0 Å². The quantitative estimate of drug-likeness (QED) is 0.306. The van der Waals surface area contributed by atoms with Gasteiger partial charge in [0.05, 0.1) is 6.54 Å². The molecule has 0 spiro atoms. The lowest BCUT2D eigenvalue weighted by Gasteiger charge is -2.07. The minimum absolute atomic E-state index is 0.338. The second kappa shape index (κ2) is 4.44. The van der Waals surface area contributed by atoms with Crippen LogP contribution >= 0.6 is 0 Å². The van der Waals surface area contributed by atoms with Gasteiger partial charge in [-0.15, -0.1) is 5.10 Å². The van der Waals surface area contributed by atoms with E-state index >= 15 is 0 Å². The molecule has 6 N–H and O–H groups in total. The molecular weight excluding hydrogens is 218 g/mol. The van der Waals surface area contributed by atoms with Crippen molar-refractivity contribution in [1.29, 1.82) is 0 Å². The monoisotopic (exact) mass is 233 g/mol. The summed E-state index contributed by atoms with van der Waals surface area (Å²) in [6, 6.07) is 7.43. The summed E-state index contributed by atoms with van der Waals surface area (Å²) in [6.45, 7) is 0.349. The van der Waals surface area contributed by atoms with Crippen LogP contribution in [0.1, 0.15) is 11.3 Å². The molecule has 6 heteroatoms. The molecule has 0 unspecified atom stereocenters. The highest BCUT2D eigenvalue weighted by molar-refractivity contribution is 6.08. The van der Waals surface area contributed by atoms with E-state index in [1.807, 2.05) is 24.3 Å². The maximum absolute atomic E-state index is 5.87. The topological polar surface area (TPSA) is 107 Å². The van der Waals surface area contributed by atoms with Crippen molar-refractivity contribution < 1.29 is 4.42 Å². The molecule has 0 bridgehead atoms. The van der Waals surface area contributed by atoms with Crippen LogP contribution in [0.3, 0.4) is 0 Å². The SMILES string of the molecule is CN(N)/N=C(\N)c1cccc2oc(CN)cc12. The Labute approximate surface area is 98.6 Å². The van der Waals surface area contributed by atoms with E-state index in [4.69, 9.17) is 21.7 Å². The molecular formula is C11H15N5O. The van der Waals surface area contributed by atoms with Crippen LogP contribution in [0.25, 0.3) is 11.0 Å². The minimum Gasteiger partial charge on any atom is -0.460 e. The number of nitrogens with zero attached hydrogens (tertiary/aromatic N) is 2. The molecule has 2 aromatic rings. The Morgan fingerprint density at radius 3 is 2.88 bits per heavy atom. The zero-order chi connectivity index (χ0) is 12.4. The molecule has 0 radical (unpaired) electrons. The predicted molar refractivity (Wildman–Crippen MR) is 66.8 cm³/mol. The highest BCUT2D eigenvalue weighted by Gasteiger charge is 2.09. The lowest BCUT2D eigenvalue weighted by atomic mass is 10.1. The normalized spacial score (nSPS) is 12.1. The standard InChI is InChI=1S/C11H15N5O/c1-16(14)15-11(13)8-3-2-4-10-9(8)5-7(6-12)17-10/h2-5H,6,12,14H2,1H3,(H2,13,15). The number of furan rings is 1. The largest absolute Gasteiger partial charge is 0.460 e. The number of nitrogens with two attached hydrogens (primary N) is 3. The van der Waals surface area contributed by atoms with Crippen LogP contribution in [-0.2, 0) is 6.54 Å². The third-order valence-electron chi connectivity index (χ3n) is 2.36. The molecule has 2 rings (SSSR count). The van der Waals surface area contributed by atoms with Gasteiger partial charge in [-0.2, -0.15) is 0 Å². The zero-order valence-electron chi connectivity index (χ0n) is 9.55. The number of rotatable bonds is 3. The van der Waals surface area contributed by atoms with E-state index in [1.54, 1.807) is 7.05 Å². The molecule has 1 heterocycles. The molecule has 1 aromatic heterocycles. The summed E-state index contributed by atoms with van der Waals surface area (Å²) in [7, 11) is 1.60. The van der Waals surface area contributed by atoms with Gasteiger partial charge in [-0.3, -0.25) is 0 Å². The Morgan fingerprint density at radius 1 is 1.47 bits per heavy atom. The number of hydrazone groups is 1. The lowest BCUT2D eigenvalue weighted by Crippen LogP contribution is -2.25. The first-order valence-electron chi connectivity index (χ1n) is 5.16. The molecule has 90 valence electrons. The summed E-state index contributed by atoms with van der Waals surface area (Å²) in [6.07, 6.45) is 0. The Kier molecular flexibility index (Phi) is 2.99. The van der Waals surface area contributed by atoms with E-state index in [0.717, 1.165) is 21.7 Å². The van der Waals surface area contributed by atoms with Crippen LogP contribution in [-0.4, -0.2) is 18.0 Å². The van der Waals surface area contributed by atoms with Crippen molar-refractivity contribution in [1.82, 2.24) is 5.12 Å². The molecule has 0 aliphatic heterocycles. The summed E-state index contributed by atoms with van der Waals surface area (Å²) in [5.41, 5.74) is 12.9. The first-order chi connectivity index (χ1) is 8.11. The molecule has 0 atom stereocenters. The predicted octanol–water partition coefficient (Wildman–Crippen LogP) is 0.317. The van der Waals surface area contributed by atoms with Crippen molar-refractivity contribution in [2.45, 2.75) is 6.54 Å². The summed E-state index contributed by atoms with van der Waals surface area (Å²) >= 11 is 0. The van der Waals surface area contributed by atoms with Crippen molar-refractivity contribution in [2.75, 3.05) is 7.05 Å². The van der Waals surface area contributed by atoms with Crippen LogP contribution < -0.4 is 17.3 Å². The molecule has 17 heavy (non-hydrogen) atoms. The van der Waals surface area contributed by atoms with E-state index in [9.17, 15) is 0 Å². The number of benzene rings is 1. The van der Waals surface area contributed by atoms with Gasteiger partial charge in [0.15, 0.2) is 5.84 Å². The first-order valence-corrected chi connectivity index (χ1v) is 5.16. The number of hydrazine groups is 1. The van der Waals surface area contributed by atoms with Gasteiger partial charge in [-0.05, 0) is 12.1 Å². The van der Waals surface area contributed by atoms with Gasteiger partial charge in [-0.25, -0.2) is 11.0 Å². The molecule has 0 aliphatic carbocycles. The van der Waals surface area contributed by atoms with Gasteiger partial charge in [0, 0.05) is 18.0 Å². The molecule has 0 fully saturated rings. The van der Waals surface area contributed by atoms with Gasteiger partial charge < -0.3 is 15.9 Å². The van der Waals surface area contributed by atoms with Crippen molar-refractivity contribution >= 4 is 16.8 Å². The fraction of sp³-hybridized carbons (Fsp3) is 0.182. The fourth-order valence-corrected chi connectivity index (χ4v) is 1.66. The fourth-order valence-electron chi connectivity index (χ4n) is 1.66. The Morgan fingerprint density at radius 2 is 2.24 bits per heavy atom. The highest BCUT2D eigenvalue weighted by Crippen LogP contribution is 2.22. The minimum atomic E-state index is 0.338. The van der Waals surface area contributed by atoms with Gasteiger partial charge in [0.1, 0.15) is 11.3 Å². The van der Waals surface area contributed by atoms with E-state index in [2.05, 4.69) is 5.10 Å². The van der Waals surface area contributed by atoms with Gasteiger partial charge in [0.2, 0.25) is 0 Å². The van der Waals surface area contributed by atoms with E-state index in [1.165, 1.54) is 0 Å². The van der Waals surface area contributed by atoms with Crippen LogP contribution in [0, 0.1) is 0 Å². The number of hydrogen-bond donors (Lipinski definition) is 3. The van der Waals surface area contributed by atoms with Crippen molar-refractivity contribution in [3.05, 3.63) is 35.6 Å². The summed E-state index contributed by atoms with van der Waals surface area (Å²) in [4.78, 5) is 0. The smallest absolute Gasteiger partial charge is 0.153 e. The average molecular weight is 233 g/mol. The lowest BCUT2D eigenvalue weighted by molar-refractivity contribution is 0.372. The van der Waals surface area contributed by atoms with E-state index in [0.29, 0.717) is 18.1 Å². The Balaban J connectivity index is 2.57. The maximum atomic E-state index is 5.87. The van der Waals surface area contributed by atoms with E-state index in [-0.39, 0.29) is 0 Å². The molecule has 0 saturated heterocycles. The van der Waals surface area contributed by atoms with Crippen molar-refractivity contribution in [3.8, 4) is 0 Å². The zero-order valence-corrected chi connectivity index (χ0v) is 9.55. The molecule has 0 aliphatic rings. The Bertz CT molecular complexity index is 558. The third kappa shape index (κ3) is 2.22. The highest BCUT2D eigenvalue weighted by atomic mass is 16.3. The maximum Gasteiger partial charge on any atom is 0.153 e. The van der Waals surface area contributed by atoms with Crippen LogP contribution in [0.15, 0.2) is 33.8 Å². The van der Waals surface area contributed by atoms with Crippen LogP contribution in [0.4, 0.5) is 0 Å². The van der Waals surface area contributed by atoms with E-state index < -0.39 is 0 Å². The van der Waals surface area contributed by atoms with Crippen molar-refractivity contribution in [2.24, 2.45) is 22.4 Å². The second-order valence-corrected chi connectivity index (χ2v) is 3.69. The molecule has 0 saturated carbocycles. The van der Waals surface area contributed by atoms with Gasteiger partial charge in [-0.1, -0.05) is 12.1 Å². The average Bonchev–Trinajstić information content (AvgIpc) is 2.70. The molecule has 6 nitrogen and oxygen atoms in total. The summed E-state index contributed by atoms with van der Waals surface area (Å²) < 4.78 is 5.53. The molecule has 1 aromatic carbocycles. The van der Waals surface area contributed by atoms with Gasteiger partial charge >= 0.3 is 0 Å². The molecule has 0 amide bonds. The second-order valence-electron chi connectivity index (χ2n) is 3.69. The van der Waals surface area contributed by atoms with Crippen LogP contribution in [0.5, 0.6) is 0 Å². The number of fused-ring (bicyclic) bond motifs is 1. The number of amidine groups is 1.